The van der Waals surface area contributed by atoms with Crippen molar-refractivity contribution >= 4 is 21.6 Å². The van der Waals surface area contributed by atoms with E-state index in [1.807, 2.05) is 11.5 Å². The number of benzene rings is 1. The minimum atomic E-state index is 0.127. The molecule has 26 heavy (non-hydrogen) atoms. The predicted molar refractivity (Wildman–Crippen MR) is 109 cm³/mol. The maximum Gasteiger partial charge on any atom is 0.263 e. The van der Waals surface area contributed by atoms with Crippen LogP contribution in [0.2, 0.25) is 0 Å². The second kappa shape index (κ2) is 6.63. The molecular weight excluding hydrogens is 342 g/mol. The van der Waals surface area contributed by atoms with Gasteiger partial charge < -0.3 is 4.90 Å². The maximum atomic E-state index is 13.5. The SMILES string of the molecule is Cc1ccc(-c2nc3sc(C)c(C)c3c(=O)n2C2CCN(C)CC2)cc1. The summed E-state index contributed by atoms with van der Waals surface area (Å²) < 4.78 is 1.99. The quantitative estimate of drug-likeness (QED) is 0.677. The van der Waals surface area contributed by atoms with Crippen molar-refractivity contribution < 1.29 is 0 Å². The van der Waals surface area contributed by atoms with Crippen LogP contribution >= 0.6 is 11.3 Å². The van der Waals surface area contributed by atoms with E-state index in [1.165, 1.54) is 10.4 Å². The first-order valence-electron chi connectivity index (χ1n) is 9.23. The number of aromatic nitrogens is 2. The molecule has 0 amide bonds. The first kappa shape index (κ1) is 17.4. The molecule has 0 spiro atoms. The van der Waals surface area contributed by atoms with Crippen molar-refractivity contribution in [3.8, 4) is 11.4 Å². The summed E-state index contributed by atoms with van der Waals surface area (Å²) >= 11 is 1.63. The first-order chi connectivity index (χ1) is 12.5. The molecule has 0 atom stereocenters. The molecule has 4 nitrogen and oxygen atoms in total. The average molecular weight is 368 g/mol. The summed E-state index contributed by atoms with van der Waals surface area (Å²) in [5.74, 6) is 0.818. The van der Waals surface area contributed by atoms with E-state index in [0.717, 1.165) is 53.1 Å². The number of nitrogens with zero attached hydrogens (tertiary/aromatic N) is 3. The lowest BCUT2D eigenvalue weighted by atomic mass is 10.0. The highest BCUT2D eigenvalue weighted by Gasteiger charge is 2.25. The van der Waals surface area contributed by atoms with Crippen LogP contribution in [0.25, 0.3) is 21.6 Å². The highest BCUT2D eigenvalue weighted by Crippen LogP contribution is 2.32. The van der Waals surface area contributed by atoms with Crippen molar-refractivity contribution in [2.45, 2.75) is 39.7 Å². The maximum absolute atomic E-state index is 13.5. The molecule has 0 bridgehead atoms. The highest BCUT2D eigenvalue weighted by atomic mass is 32.1. The lowest BCUT2D eigenvalue weighted by molar-refractivity contribution is 0.219. The van der Waals surface area contributed by atoms with Gasteiger partial charge in [-0.25, -0.2) is 4.98 Å². The summed E-state index contributed by atoms with van der Waals surface area (Å²) in [5, 5.41) is 0.808. The molecule has 1 aromatic carbocycles. The van der Waals surface area contributed by atoms with Crippen molar-refractivity contribution in [1.29, 1.82) is 0 Å². The Labute approximate surface area is 158 Å². The summed E-state index contributed by atoms with van der Waals surface area (Å²) in [6, 6.07) is 8.57. The Morgan fingerprint density at radius 2 is 1.73 bits per heavy atom. The van der Waals surface area contributed by atoms with Crippen molar-refractivity contribution in [1.82, 2.24) is 14.5 Å². The van der Waals surface area contributed by atoms with Gasteiger partial charge in [0.25, 0.3) is 5.56 Å². The van der Waals surface area contributed by atoms with Crippen LogP contribution < -0.4 is 5.56 Å². The molecule has 0 unspecified atom stereocenters. The van der Waals surface area contributed by atoms with Gasteiger partial charge in [0.15, 0.2) is 0 Å². The van der Waals surface area contributed by atoms with Gasteiger partial charge in [-0.2, -0.15) is 0 Å². The van der Waals surface area contributed by atoms with Crippen molar-refractivity contribution in [2.24, 2.45) is 0 Å². The number of hydrogen-bond donors (Lipinski definition) is 0. The molecule has 0 radical (unpaired) electrons. The molecular formula is C21H25N3OS. The van der Waals surface area contributed by atoms with E-state index in [2.05, 4.69) is 50.1 Å². The molecule has 3 aromatic rings. The van der Waals surface area contributed by atoms with Crippen LogP contribution in [-0.2, 0) is 0 Å². The van der Waals surface area contributed by atoms with Crippen LogP contribution in [0.3, 0.4) is 0 Å². The third-order valence-electron chi connectivity index (χ3n) is 5.60. The van der Waals surface area contributed by atoms with Gasteiger partial charge in [0.1, 0.15) is 10.7 Å². The van der Waals surface area contributed by atoms with Gasteiger partial charge in [-0.1, -0.05) is 29.8 Å². The summed E-state index contributed by atoms with van der Waals surface area (Å²) in [5.41, 5.74) is 3.45. The lowest BCUT2D eigenvalue weighted by Gasteiger charge is -2.31. The van der Waals surface area contributed by atoms with Crippen molar-refractivity contribution in [2.75, 3.05) is 20.1 Å². The van der Waals surface area contributed by atoms with Gasteiger partial charge in [0, 0.05) is 16.5 Å². The van der Waals surface area contributed by atoms with Gasteiger partial charge >= 0.3 is 0 Å². The number of hydrogen-bond acceptors (Lipinski definition) is 4. The average Bonchev–Trinajstić information content (AvgIpc) is 2.91. The van der Waals surface area contributed by atoms with E-state index in [9.17, 15) is 4.79 Å². The molecule has 1 aliphatic rings. The zero-order valence-corrected chi connectivity index (χ0v) is 16.7. The van der Waals surface area contributed by atoms with Gasteiger partial charge in [0.2, 0.25) is 0 Å². The second-order valence-electron chi connectivity index (χ2n) is 7.47. The minimum Gasteiger partial charge on any atom is -0.306 e. The van der Waals surface area contributed by atoms with Crippen LogP contribution in [0.4, 0.5) is 0 Å². The molecule has 0 saturated carbocycles. The lowest BCUT2D eigenvalue weighted by Crippen LogP contribution is -2.36. The third-order valence-corrected chi connectivity index (χ3v) is 6.70. The highest BCUT2D eigenvalue weighted by molar-refractivity contribution is 7.18. The molecule has 2 aromatic heterocycles. The number of piperidine rings is 1. The molecule has 0 aliphatic carbocycles. The van der Waals surface area contributed by atoms with Gasteiger partial charge in [0.05, 0.1) is 5.39 Å². The second-order valence-corrected chi connectivity index (χ2v) is 8.68. The summed E-state index contributed by atoms with van der Waals surface area (Å²) in [4.78, 5) is 22.9. The molecule has 1 saturated heterocycles. The van der Waals surface area contributed by atoms with E-state index in [0.29, 0.717) is 0 Å². The molecule has 4 rings (SSSR count). The molecule has 3 heterocycles. The first-order valence-corrected chi connectivity index (χ1v) is 10.0. The smallest absolute Gasteiger partial charge is 0.263 e. The number of likely N-dealkylation sites (tertiary alicyclic amines) is 1. The van der Waals surface area contributed by atoms with Crippen LogP contribution in [0.5, 0.6) is 0 Å². The fraction of sp³-hybridized carbons (Fsp3) is 0.429. The fourth-order valence-corrected chi connectivity index (χ4v) is 4.82. The summed E-state index contributed by atoms with van der Waals surface area (Å²) in [6.07, 6.45) is 1.98. The normalized spacial score (nSPS) is 16.5. The predicted octanol–water partition coefficient (Wildman–Crippen LogP) is 4.32. The molecule has 5 heteroatoms. The van der Waals surface area contributed by atoms with Gasteiger partial charge in [-0.3, -0.25) is 9.36 Å². The molecule has 0 N–H and O–H groups in total. The van der Waals surface area contributed by atoms with Crippen LogP contribution in [0.15, 0.2) is 29.1 Å². The Kier molecular flexibility index (Phi) is 4.45. The van der Waals surface area contributed by atoms with Gasteiger partial charge in [-0.15, -0.1) is 11.3 Å². The minimum absolute atomic E-state index is 0.127. The van der Waals surface area contributed by atoms with Crippen molar-refractivity contribution in [3.63, 3.8) is 0 Å². The largest absolute Gasteiger partial charge is 0.306 e. The Hall–Kier alpha value is -1.98. The van der Waals surface area contributed by atoms with E-state index in [4.69, 9.17) is 4.98 Å². The van der Waals surface area contributed by atoms with Crippen LogP contribution in [0, 0.1) is 20.8 Å². The molecule has 1 aliphatic heterocycles. The Bertz CT molecular complexity index is 1010. The summed E-state index contributed by atoms with van der Waals surface area (Å²) in [6.45, 7) is 8.24. The Balaban J connectivity index is 1.97. The number of rotatable bonds is 2. The van der Waals surface area contributed by atoms with E-state index >= 15 is 0 Å². The van der Waals surface area contributed by atoms with E-state index < -0.39 is 0 Å². The van der Waals surface area contributed by atoms with Crippen LogP contribution in [-0.4, -0.2) is 34.6 Å². The zero-order valence-electron chi connectivity index (χ0n) is 15.9. The summed E-state index contributed by atoms with van der Waals surface area (Å²) in [7, 11) is 2.15. The van der Waals surface area contributed by atoms with E-state index in [-0.39, 0.29) is 11.6 Å². The van der Waals surface area contributed by atoms with Gasteiger partial charge in [-0.05, 0) is 59.3 Å². The Morgan fingerprint density at radius 1 is 1.08 bits per heavy atom. The molecule has 1 fully saturated rings. The van der Waals surface area contributed by atoms with Crippen molar-refractivity contribution in [3.05, 3.63) is 50.6 Å². The monoisotopic (exact) mass is 367 g/mol. The zero-order chi connectivity index (χ0) is 18.4. The van der Waals surface area contributed by atoms with Crippen LogP contribution in [0.1, 0.15) is 34.9 Å². The standard InChI is InChI=1S/C21H25N3OS/c1-13-5-7-16(8-6-13)19-22-20-18(14(2)15(3)26-20)21(25)24(19)17-9-11-23(4)12-10-17/h5-8,17H,9-12H2,1-4H3. The third kappa shape index (κ3) is 2.89. The Morgan fingerprint density at radius 3 is 2.38 bits per heavy atom. The molecule has 136 valence electrons. The fourth-order valence-electron chi connectivity index (χ4n) is 3.80. The number of thiophene rings is 1. The number of aryl methyl sites for hydroxylation is 3. The topological polar surface area (TPSA) is 38.1 Å². The van der Waals surface area contributed by atoms with E-state index in [1.54, 1.807) is 11.3 Å². The number of fused-ring (bicyclic) bond motifs is 1.